The minimum Gasteiger partial charge on any atom is -0.338 e. The van der Waals surface area contributed by atoms with Crippen LogP contribution in [0.3, 0.4) is 0 Å². The van der Waals surface area contributed by atoms with Crippen molar-refractivity contribution in [2.24, 2.45) is 0 Å². The molecule has 7 heterocycles. The van der Waals surface area contributed by atoms with Crippen LogP contribution >= 0.6 is 11.3 Å². The quantitative estimate of drug-likeness (QED) is 0.269. The van der Waals surface area contributed by atoms with Crippen molar-refractivity contribution in [3.05, 3.63) is 71.6 Å². The second-order valence-corrected chi connectivity index (χ2v) is 11.1. The van der Waals surface area contributed by atoms with Gasteiger partial charge in [-0.25, -0.2) is 13.8 Å². The number of likely N-dealkylation sites (tertiary alicyclic amines) is 1. The highest BCUT2D eigenvalue weighted by atomic mass is 32.1. The summed E-state index contributed by atoms with van der Waals surface area (Å²) in [5.41, 5.74) is 6.84. The SMILES string of the molecule is Cc1ccc(-c2ccnc3[nH]c(-c4n[nH]c5cnc(-c6cncc(CN7CCC(F)(F)C7)c6)cc45)cc23)s1. The number of hydrogen-bond donors (Lipinski definition) is 2. The number of rotatable bonds is 5. The van der Waals surface area contributed by atoms with E-state index in [9.17, 15) is 8.78 Å². The number of fused-ring (bicyclic) bond motifs is 2. The van der Waals surface area contributed by atoms with Crippen LogP contribution in [0.2, 0.25) is 0 Å². The molecule has 1 aliphatic rings. The summed E-state index contributed by atoms with van der Waals surface area (Å²) in [7, 11) is 0. The van der Waals surface area contributed by atoms with E-state index < -0.39 is 5.92 Å². The van der Waals surface area contributed by atoms with E-state index in [1.54, 1.807) is 34.8 Å². The van der Waals surface area contributed by atoms with Crippen molar-refractivity contribution in [1.29, 1.82) is 0 Å². The molecule has 10 heteroatoms. The monoisotopic (exact) mass is 527 g/mol. The van der Waals surface area contributed by atoms with Gasteiger partial charge in [0.15, 0.2) is 0 Å². The van der Waals surface area contributed by atoms with Gasteiger partial charge in [0.25, 0.3) is 5.92 Å². The largest absolute Gasteiger partial charge is 0.338 e. The van der Waals surface area contributed by atoms with Crippen LogP contribution in [0.4, 0.5) is 8.78 Å². The van der Waals surface area contributed by atoms with E-state index in [-0.39, 0.29) is 13.0 Å². The van der Waals surface area contributed by atoms with Gasteiger partial charge < -0.3 is 4.98 Å². The third kappa shape index (κ3) is 4.15. The van der Waals surface area contributed by atoms with Gasteiger partial charge in [0.1, 0.15) is 11.3 Å². The van der Waals surface area contributed by atoms with E-state index in [1.165, 1.54) is 9.75 Å². The number of nitrogens with one attached hydrogen (secondary N) is 2. The minimum absolute atomic E-state index is 0.0979. The summed E-state index contributed by atoms with van der Waals surface area (Å²) >= 11 is 1.76. The molecule has 6 aromatic heterocycles. The Morgan fingerprint density at radius 1 is 1.05 bits per heavy atom. The van der Waals surface area contributed by atoms with Crippen molar-refractivity contribution in [3.8, 4) is 33.1 Å². The van der Waals surface area contributed by atoms with Gasteiger partial charge in [0.05, 0.1) is 29.6 Å². The summed E-state index contributed by atoms with van der Waals surface area (Å²) in [6, 6.07) is 12.4. The molecular formula is C28H23F2N7S. The normalized spacial score (nSPS) is 15.7. The molecule has 190 valence electrons. The van der Waals surface area contributed by atoms with Crippen molar-refractivity contribution >= 4 is 33.3 Å². The van der Waals surface area contributed by atoms with E-state index in [4.69, 9.17) is 0 Å². The lowest BCUT2D eigenvalue weighted by Crippen LogP contribution is -2.24. The van der Waals surface area contributed by atoms with Crippen LogP contribution in [0.1, 0.15) is 16.9 Å². The highest BCUT2D eigenvalue weighted by Crippen LogP contribution is 2.36. The molecule has 0 saturated carbocycles. The highest BCUT2D eigenvalue weighted by molar-refractivity contribution is 7.15. The average molecular weight is 528 g/mol. The molecule has 0 bridgehead atoms. The number of nitrogens with zero attached hydrogens (tertiary/aromatic N) is 5. The van der Waals surface area contributed by atoms with Crippen LogP contribution in [0.5, 0.6) is 0 Å². The molecule has 0 aliphatic carbocycles. The maximum Gasteiger partial charge on any atom is 0.261 e. The molecule has 0 aromatic carbocycles. The number of alkyl halides is 2. The third-order valence-corrected chi connectivity index (χ3v) is 8.02. The molecule has 7 nitrogen and oxygen atoms in total. The zero-order valence-electron chi connectivity index (χ0n) is 20.5. The van der Waals surface area contributed by atoms with Gasteiger partial charge in [-0.2, -0.15) is 5.10 Å². The van der Waals surface area contributed by atoms with Gasteiger partial charge >= 0.3 is 0 Å². The second kappa shape index (κ2) is 8.78. The summed E-state index contributed by atoms with van der Waals surface area (Å²) in [6.07, 6.45) is 6.96. The average Bonchev–Trinajstić information content (AvgIpc) is 3.69. The zero-order chi connectivity index (χ0) is 25.9. The molecule has 2 N–H and O–H groups in total. The van der Waals surface area contributed by atoms with Gasteiger partial charge in [-0.3, -0.25) is 20.0 Å². The molecule has 0 unspecified atom stereocenters. The summed E-state index contributed by atoms with van der Waals surface area (Å²) in [4.78, 5) is 21.2. The Balaban J connectivity index is 1.24. The lowest BCUT2D eigenvalue weighted by molar-refractivity contribution is 0.0115. The molecule has 0 spiro atoms. The first-order valence-corrected chi connectivity index (χ1v) is 13.2. The van der Waals surface area contributed by atoms with E-state index in [2.05, 4.69) is 55.3 Å². The van der Waals surface area contributed by atoms with Crippen LogP contribution < -0.4 is 0 Å². The molecule has 1 saturated heterocycles. The highest BCUT2D eigenvalue weighted by Gasteiger charge is 2.37. The van der Waals surface area contributed by atoms with Crippen LogP contribution in [0.15, 0.2) is 61.2 Å². The molecule has 38 heavy (non-hydrogen) atoms. The predicted octanol–water partition coefficient (Wildman–Crippen LogP) is 6.44. The van der Waals surface area contributed by atoms with Gasteiger partial charge in [0, 0.05) is 69.8 Å². The van der Waals surface area contributed by atoms with E-state index in [1.807, 2.05) is 24.4 Å². The summed E-state index contributed by atoms with van der Waals surface area (Å²) in [5, 5.41) is 9.63. The number of halogens is 2. The first-order chi connectivity index (χ1) is 18.4. The fourth-order valence-electron chi connectivity index (χ4n) is 5.14. The van der Waals surface area contributed by atoms with E-state index in [0.717, 1.165) is 55.7 Å². The molecule has 6 aromatic rings. The molecule has 1 aliphatic heterocycles. The molecule has 0 amide bonds. The Morgan fingerprint density at radius 3 is 2.79 bits per heavy atom. The Morgan fingerprint density at radius 2 is 1.97 bits per heavy atom. The Bertz CT molecular complexity index is 1800. The van der Waals surface area contributed by atoms with Crippen molar-refractivity contribution in [1.82, 2.24) is 35.0 Å². The first kappa shape index (κ1) is 23.1. The fraction of sp³-hybridized carbons (Fsp3) is 0.214. The number of hydrogen-bond acceptors (Lipinski definition) is 6. The maximum atomic E-state index is 13.6. The Kier molecular flexibility index (Phi) is 5.34. The molecular weight excluding hydrogens is 504 g/mol. The van der Waals surface area contributed by atoms with Crippen molar-refractivity contribution in [2.75, 3.05) is 13.1 Å². The van der Waals surface area contributed by atoms with Gasteiger partial charge in [-0.05, 0) is 48.9 Å². The van der Waals surface area contributed by atoms with Gasteiger partial charge in [-0.15, -0.1) is 11.3 Å². The number of aromatic amines is 2. The topological polar surface area (TPSA) is 86.4 Å². The standard InChI is InChI=1S/C28H23F2N7S/c1-16-2-3-25(38-16)19-4-6-32-27-20(19)9-23(34-27)26-21-10-22(33-13-24(21)35-36-26)18-8-17(11-31-12-18)14-37-7-5-28(29,30)15-37/h2-4,6,8-13H,5,7,14-15H2,1H3,(H,32,34)(H,35,36). The van der Waals surface area contributed by atoms with Crippen LogP contribution in [0.25, 0.3) is 55.0 Å². The lowest BCUT2D eigenvalue weighted by Gasteiger charge is -2.15. The Labute approximate surface area is 220 Å². The molecule has 1 fully saturated rings. The van der Waals surface area contributed by atoms with E-state index in [0.29, 0.717) is 13.1 Å². The number of thiophene rings is 1. The summed E-state index contributed by atoms with van der Waals surface area (Å²) < 4.78 is 27.3. The van der Waals surface area contributed by atoms with Crippen molar-refractivity contribution in [3.63, 3.8) is 0 Å². The fourth-order valence-corrected chi connectivity index (χ4v) is 6.05. The van der Waals surface area contributed by atoms with Crippen LogP contribution in [0, 0.1) is 6.92 Å². The van der Waals surface area contributed by atoms with Crippen LogP contribution in [-0.2, 0) is 6.54 Å². The number of aryl methyl sites for hydroxylation is 1. The molecule has 0 atom stereocenters. The van der Waals surface area contributed by atoms with Gasteiger partial charge in [0.2, 0.25) is 0 Å². The summed E-state index contributed by atoms with van der Waals surface area (Å²) in [6.45, 7) is 2.70. The second-order valence-electron chi connectivity index (χ2n) is 9.80. The predicted molar refractivity (Wildman–Crippen MR) is 145 cm³/mol. The zero-order valence-corrected chi connectivity index (χ0v) is 21.3. The van der Waals surface area contributed by atoms with Crippen LogP contribution in [-0.4, -0.2) is 54.0 Å². The van der Waals surface area contributed by atoms with Crippen molar-refractivity contribution < 1.29 is 8.78 Å². The molecule has 7 rings (SSSR count). The minimum atomic E-state index is -2.61. The number of pyridine rings is 3. The number of H-pyrrole nitrogens is 2. The van der Waals surface area contributed by atoms with E-state index >= 15 is 0 Å². The first-order valence-electron chi connectivity index (χ1n) is 12.4. The van der Waals surface area contributed by atoms with Crippen molar-refractivity contribution in [2.45, 2.75) is 25.8 Å². The summed E-state index contributed by atoms with van der Waals surface area (Å²) in [5.74, 6) is -2.61. The van der Waals surface area contributed by atoms with Gasteiger partial charge in [-0.1, -0.05) is 0 Å². The third-order valence-electron chi connectivity index (χ3n) is 6.99. The lowest BCUT2D eigenvalue weighted by atomic mass is 10.1. The Hall–Kier alpha value is -4.02. The molecule has 0 radical (unpaired) electrons. The number of aromatic nitrogens is 6. The smallest absolute Gasteiger partial charge is 0.261 e. The maximum absolute atomic E-state index is 13.6.